The van der Waals surface area contributed by atoms with Crippen molar-refractivity contribution in [2.24, 2.45) is 0 Å². The second-order valence-corrected chi connectivity index (χ2v) is 8.35. The smallest absolute Gasteiger partial charge is 0.256 e. The molecular formula is C22H21N7OS. The average molecular weight is 432 g/mol. The van der Waals surface area contributed by atoms with Gasteiger partial charge in [-0.05, 0) is 36.7 Å². The highest BCUT2D eigenvalue weighted by atomic mass is 32.1. The number of amides is 1. The van der Waals surface area contributed by atoms with Gasteiger partial charge in [0.05, 0.1) is 16.1 Å². The predicted molar refractivity (Wildman–Crippen MR) is 123 cm³/mol. The number of aromatic nitrogens is 4. The Morgan fingerprint density at radius 3 is 2.61 bits per heavy atom. The summed E-state index contributed by atoms with van der Waals surface area (Å²) in [4.78, 5) is 35.9. The third-order valence-corrected chi connectivity index (χ3v) is 6.16. The number of likely N-dealkylation sites (N-methyl/N-ethyl adjacent to an activating group) is 1. The average Bonchev–Trinajstić information content (AvgIpc) is 3.34. The van der Waals surface area contributed by atoms with Crippen LogP contribution in [0, 0.1) is 0 Å². The van der Waals surface area contributed by atoms with Gasteiger partial charge < -0.3 is 15.1 Å². The van der Waals surface area contributed by atoms with Gasteiger partial charge in [0.2, 0.25) is 0 Å². The Labute approximate surface area is 183 Å². The quantitative estimate of drug-likeness (QED) is 0.531. The second kappa shape index (κ2) is 8.37. The Balaban J connectivity index is 1.56. The van der Waals surface area contributed by atoms with Gasteiger partial charge in [-0.15, -0.1) is 11.3 Å². The molecule has 9 heteroatoms. The number of piperazine rings is 1. The number of rotatable bonds is 4. The van der Waals surface area contributed by atoms with Crippen molar-refractivity contribution in [3.8, 4) is 10.6 Å². The molecule has 0 radical (unpaired) electrons. The fraction of sp³-hybridized carbons (Fsp3) is 0.227. The minimum atomic E-state index is -0.213. The number of carbonyl (C=O) groups is 1. The van der Waals surface area contributed by atoms with Crippen LogP contribution in [-0.4, -0.2) is 64.0 Å². The van der Waals surface area contributed by atoms with E-state index in [1.807, 2.05) is 24.5 Å². The third-order valence-electron chi connectivity index (χ3n) is 5.37. The molecule has 1 amide bonds. The van der Waals surface area contributed by atoms with Gasteiger partial charge in [0.15, 0.2) is 0 Å². The van der Waals surface area contributed by atoms with E-state index in [4.69, 9.17) is 4.98 Å². The highest BCUT2D eigenvalue weighted by Crippen LogP contribution is 2.31. The Morgan fingerprint density at radius 1 is 1.06 bits per heavy atom. The summed E-state index contributed by atoms with van der Waals surface area (Å²) in [5, 5.41) is 4.90. The Hall–Kier alpha value is -3.43. The predicted octanol–water partition coefficient (Wildman–Crippen LogP) is 3.15. The molecule has 8 nitrogen and oxygen atoms in total. The molecule has 5 heterocycles. The molecule has 5 rings (SSSR count). The lowest BCUT2D eigenvalue weighted by atomic mass is 10.1. The van der Waals surface area contributed by atoms with E-state index < -0.39 is 0 Å². The zero-order chi connectivity index (χ0) is 21.2. The van der Waals surface area contributed by atoms with Crippen molar-refractivity contribution >= 4 is 39.7 Å². The number of pyridine rings is 3. The van der Waals surface area contributed by atoms with Crippen molar-refractivity contribution in [3.63, 3.8) is 0 Å². The molecule has 0 atom stereocenters. The van der Waals surface area contributed by atoms with E-state index in [9.17, 15) is 4.79 Å². The lowest BCUT2D eigenvalue weighted by molar-refractivity contribution is 0.102. The number of thiazole rings is 1. The summed E-state index contributed by atoms with van der Waals surface area (Å²) < 4.78 is 0. The number of nitrogens with one attached hydrogen (secondary N) is 1. The minimum Gasteiger partial charge on any atom is -0.353 e. The molecule has 0 saturated carbocycles. The van der Waals surface area contributed by atoms with Crippen LogP contribution in [0.4, 0.5) is 11.6 Å². The summed E-state index contributed by atoms with van der Waals surface area (Å²) in [5.74, 6) is 1.15. The summed E-state index contributed by atoms with van der Waals surface area (Å²) in [5.41, 5.74) is 3.19. The fourth-order valence-corrected chi connectivity index (χ4v) is 4.21. The van der Waals surface area contributed by atoms with Gasteiger partial charge in [0, 0.05) is 61.9 Å². The molecule has 4 aromatic rings. The van der Waals surface area contributed by atoms with Crippen LogP contribution >= 0.6 is 11.3 Å². The molecule has 0 aromatic carbocycles. The first-order valence-electron chi connectivity index (χ1n) is 10.0. The minimum absolute atomic E-state index is 0.213. The maximum Gasteiger partial charge on any atom is 0.256 e. The Bertz CT molecular complexity index is 1210. The van der Waals surface area contributed by atoms with Crippen molar-refractivity contribution in [1.82, 2.24) is 24.8 Å². The Morgan fingerprint density at radius 2 is 1.87 bits per heavy atom. The van der Waals surface area contributed by atoms with E-state index in [0.717, 1.165) is 53.3 Å². The standard InChI is InChI=1S/C22H21N7OS/c1-28-6-8-29(9-7-28)21-17-12-25-18(19-13-24-14-31-19)10-16(17)11-20(26-21)27-22(30)15-2-4-23-5-3-15/h2-5,10-14H,6-9H2,1H3,(H,26,27,30). The first-order valence-corrected chi connectivity index (χ1v) is 10.9. The normalized spacial score (nSPS) is 14.7. The molecule has 31 heavy (non-hydrogen) atoms. The maximum absolute atomic E-state index is 12.7. The van der Waals surface area contributed by atoms with E-state index in [2.05, 4.69) is 37.1 Å². The molecule has 4 aromatic heterocycles. The molecule has 1 N–H and O–H groups in total. The number of fused-ring (bicyclic) bond motifs is 1. The molecule has 0 bridgehead atoms. The highest BCUT2D eigenvalue weighted by molar-refractivity contribution is 7.13. The van der Waals surface area contributed by atoms with Crippen LogP contribution in [0.1, 0.15) is 10.4 Å². The molecular weight excluding hydrogens is 410 g/mol. The van der Waals surface area contributed by atoms with Crippen LogP contribution in [-0.2, 0) is 0 Å². The summed E-state index contributed by atoms with van der Waals surface area (Å²) in [6, 6.07) is 7.31. The summed E-state index contributed by atoms with van der Waals surface area (Å²) in [6.07, 6.45) is 6.89. The van der Waals surface area contributed by atoms with Gasteiger partial charge in [0.1, 0.15) is 11.6 Å². The summed E-state index contributed by atoms with van der Waals surface area (Å²) in [7, 11) is 2.12. The molecule has 0 spiro atoms. The van der Waals surface area contributed by atoms with Gasteiger partial charge in [-0.1, -0.05) is 0 Å². The molecule has 156 valence electrons. The first-order chi connectivity index (χ1) is 15.2. The van der Waals surface area contributed by atoms with E-state index in [-0.39, 0.29) is 5.91 Å². The largest absolute Gasteiger partial charge is 0.353 e. The summed E-state index contributed by atoms with van der Waals surface area (Å²) in [6.45, 7) is 3.67. The monoisotopic (exact) mass is 431 g/mol. The van der Waals surface area contributed by atoms with E-state index in [0.29, 0.717) is 11.4 Å². The number of nitrogens with zero attached hydrogens (tertiary/aromatic N) is 6. The van der Waals surface area contributed by atoms with Gasteiger partial charge in [-0.25, -0.2) is 4.98 Å². The van der Waals surface area contributed by atoms with E-state index >= 15 is 0 Å². The molecule has 1 saturated heterocycles. The van der Waals surface area contributed by atoms with Crippen LogP contribution in [0.15, 0.2) is 54.6 Å². The van der Waals surface area contributed by atoms with Crippen LogP contribution in [0.5, 0.6) is 0 Å². The Kier molecular flexibility index (Phi) is 5.27. The maximum atomic E-state index is 12.7. The first kappa shape index (κ1) is 19.5. The zero-order valence-corrected chi connectivity index (χ0v) is 17.8. The van der Waals surface area contributed by atoms with E-state index in [1.54, 1.807) is 41.4 Å². The van der Waals surface area contributed by atoms with Crippen LogP contribution in [0.3, 0.4) is 0 Å². The van der Waals surface area contributed by atoms with Crippen molar-refractivity contribution in [1.29, 1.82) is 0 Å². The summed E-state index contributed by atoms with van der Waals surface area (Å²) >= 11 is 1.55. The van der Waals surface area contributed by atoms with Gasteiger partial charge in [-0.2, -0.15) is 0 Å². The number of carbonyl (C=O) groups excluding carboxylic acids is 1. The number of hydrogen-bond acceptors (Lipinski definition) is 8. The number of anilines is 2. The van der Waals surface area contributed by atoms with Crippen molar-refractivity contribution in [2.75, 3.05) is 43.4 Å². The van der Waals surface area contributed by atoms with Gasteiger partial charge in [-0.3, -0.25) is 19.7 Å². The van der Waals surface area contributed by atoms with E-state index in [1.165, 1.54) is 0 Å². The molecule has 0 aliphatic carbocycles. The second-order valence-electron chi connectivity index (χ2n) is 7.47. The third kappa shape index (κ3) is 4.10. The molecule has 1 aliphatic rings. The lowest BCUT2D eigenvalue weighted by Crippen LogP contribution is -2.45. The topological polar surface area (TPSA) is 87.1 Å². The SMILES string of the molecule is CN1CCN(c2nc(NC(=O)c3ccncc3)cc3cc(-c4cncs4)ncc23)CC1. The lowest BCUT2D eigenvalue weighted by Gasteiger charge is -2.34. The van der Waals surface area contributed by atoms with Crippen LogP contribution in [0.25, 0.3) is 21.3 Å². The highest BCUT2D eigenvalue weighted by Gasteiger charge is 2.20. The van der Waals surface area contributed by atoms with Gasteiger partial charge >= 0.3 is 0 Å². The van der Waals surface area contributed by atoms with Gasteiger partial charge in [0.25, 0.3) is 5.91 Å². The van der Waals surface area contributed by atoms with Crippen LogP contribution in [0.2, 0.25) is 0 Å². The zero-order valence-electron chi connectivity index (χ0n) is 17.0. The number of hydrogen-bond donors (Lipinski definition) is 1. The van der Waals surface area contributed by atoms with Crippen molar-refractivity contribution in [2.45, 2.75) is 0 Å². The van der Waals surface area contributed by atoms with Crippen LogP contribution < -0.4 is 10.2 Å². The molecule has 0 unspecified atom stereocenters. The van der Waals surface area contributed by atoms with Crippen molar-refractivity contribution in [3.05, 3.63) is 60.1 Å². The van der Waals surface area contributed by atoms with Crippen molar-refractivity contribution < 1.29 is 4.79 Å². The molecule has 1 aliphatic heterocycles. The molecule has 1 fully saturated rings. The fourth-order valence-electron chi connectivity index (χ4n) is 3.62.